The first-order valence-corrected chi connectivity index (χ1v) is 12.6. The van der Waals surface area contributed by atoms with Gasteiger partial charge < -0.3 is 5.32 Å². The number of amides is 3. The zero-order chi connectivity index (χ0) is 23.4. The Morgan fingerprint density at radius 2 is 1.39 bits per heavy atom. The number of carbonyl (C=O) groups excluding carboxylic acids is 3. The zero-order valence-corrected chi connectivity index (χ0v) is 19.1. The Morgan fingerprint density at radius 1 is 0.818 bits per heavy atom. The molecule has 0 aliphatic carbocycles. The van der Waals surface area contributed by atoms with Crippen LogP contribution >= 0.6 is 0 Å². The highest BCUT2D eigenvalue weighted by Gasteiger charge is 2.28. The first kappa shape index (κ1) is 23.1. The van der Waals surface area contributed by atoms with Gasteiger partial charge in [-0.25, -0.2) is 8.42 Å². The SMILES string of the molecule is O=C(NCc1ccc(S(=O)(=O)N2CCCCC2)cc1)c1ccc(CN2C(=O)CCC2=O)cc1. The topological polar surface area (TPSA) is 104 Å². The van der Waals surface area contributed by atoms with Crippen LogP contribution in [0.3, 0.4) is 0 Å². The number of nitrogens with zero attached hydrogens (tertiary/aromatic N) is 2. The number of carbonyl (C=O) groups is 3. The standard InChI is InChI=1S/C24H27N3O5S/c28-22-12-13-23(29)27(22)17-19-4-8-20(9-5-19)24(30)25-16-18-6-10-21(11-7-18)33(31,32)26-14-2-1-3-15-26/h4-11H,1-3,12-17H2,(H,25,30). The summed E-state index contributed by atoms with van der Waals surface area (Å²) in [7, 11) is -3.47. The number of rotatable bonds is 7. The minimum atomic E-state index is -3.47. The highest BCUT2D eigenvalue weighted by Crippen LogP contribution is 2.21. The van der Waals surface area contributed by atoms with E-state index < -0.39 is 10.0 Å². The van der Waals surface area contributed by atoms with E-state index in [9.17, 15) is 22.8 Å². The molecule has 3 amide bonds. The van der Waals surface area contributed by atoms with Crippen LogP contribution in [0.25, 0.3) is 0 Å². The summed E-state index contributed by atoms with van der Waals surface area (Å²) in [6.07, 6.45) is 3.35. The summed E-state index contributed by atoms with van der Waals surface area (Å²) < 4.78 is 27.0. The van der Waals surface area contributed by atoms with Crippen LogP contribution in [-0.2, 0) is 32.7 Å². The Labute approximate surface area is 193 Å². The predicted molar refractivity (Wildman–Crippen MR) is 121 cm³/mol. The van der Waals surface area contributed by atoms with Crippen molar-refractivity contribution >= 4 is 27.7 Å². The number of imide groups is 1. The summed E-state index contributed by atoms with van der Waals surface area (Å²) >= 11 is 0. The van der Waals surface area contributed by atoms with Gasteiger partial charge in [-0.05, 0) is 48.2 Å². The molecule has 2 aromatic rings. The summed E-state index contributed by atoms with van der Waals surface area (Å²) in [6, 6.07) is 13.4. The monoisotopic (exact) mass is 469 g/mol. The fraction of sp³-hybridized carbons (Fsp3) is 0.375. The lowest BCUT2D eigenvalue weighted by molar-refractivity contribution is -0.139. The van der Waals surface area contributed by atoms with Crippen LogP contribution in [0.4, 0.5) is 0 Å². The van der Waals surface area contributed by atoms with Gasteiger partial charge in [0.25, 0.3) is 5.91 Å². The largest absolute Gasteiger partial charge is 0.348 e. The molecule has 0 unspecified atom stereocenters. The lowest BCUT2D eigenvalue weighted by Crippen LogP contribution is -2.35. The van der Waals surface area contributed by atoms with E-state index in [-0.39, 0.29) is 48.5 Å². The van der Waals surface area contributed by atoms with Crippen molar-refractivity contribution in [3.8, 4) is 0 Å². The molecule has 0 aromatic heterocycles. The lowest BCUT2D eigenvalue weighted by Gasteiger charge is -2.25. The number of likely N-dealkylation sites (tertiary alicyclic amines) is 1. The number of nitrogens with one attached hydrogen (secondary N) is 1. The Bertz CT molecular complexity index is 1120. The van der Waals surface area contributed by atoms with E-state index >= 15 is 0 Å². The molecular formula is C24H27N3O5S. The number of hydrogen-bond acceptors (Lipinski definition) is 5. The van der Waals surface area contributed by atoms with Gasteiger partial charge in [0, 0.05) is 38.0 Å². The molecule has 4 rings (SSSR count). The highest BCUT2D eigenvalue weighted by atomic mass is 32.2. The van der Waals surface area contributed by atoms with Crippen molar-refractivity contribution < 1.29 is 22.8 Å². The molecule has 2 aliphatic rings. The molecule has 2 aromatic carbocycles. The zero-order valence-electron chi connectivity index (χ0n) is 18.3. The average molecular weight is 470 g/mol. The van der Waals surface area contributed by atoms with E-state index in [0.717, 1.165) is 30.4 Å². The molecule has 8 nitrogen and oxygen atoms in total. The Hall–Kier alpha value is -3.04. The van der Waals surface area contributed by atoms with Crippen LogP contribution in [0.1, 0.15) is 53.6 Å². The van der Waals surface area contributed by atoms with E-state index in [4.69, 9.17) is 0 Å². The number of benzene rings is 2. The lowest BCUT2D eigenvalue weighted by atomic mass is 10.1. The van der Waals surface area contributed by atoms with Gasteiger partial charge in [0.2, 0.25) is 21.8 Å². The highest BCUT2D eigenvalue weighted by molar-refractivity contribution is 7.89. The Balaban J connectivity index is 1.32. The van der Waals surface area contributed by atoms with Gasteiger partial charge >= 0.3 is 0 Å². The van der Waals surface area contributed by atoms with Crippen molar-refractivity contribution in [2.45, 2.75) is 50.1 Å². The maximum absolute atomic E-state index is 12.7. The Kier molecular flexibility index (Phi) is 6.90. The molecule has 0 saturated carbocycles. The molecule has 174 valence electrons. The fourth-order valence-corrected chi connectivity index (χ4v) is 5.58. The van der Waals surface area contributed by atoms with E-state index in [2.05, 4.69) is 5.32 Å². The fourth-order valence-electron chi connectivity index (χ4n) is 4.06. The van der Waals surface area contributed by atoms with Crippen molar-refractivity contribution in [1.29, 1.82) is 0 Å². The maximum Gasteiger partial charge on any atom is 0.251 e. The molecule has 0 spiro atoms. The van der Waals surface area contributed by atoms with Gasteiger partial charge in [-0.15, -0.1) is 0 Å². The molecule has 2 heterocycles. The third kappa shape index (κ3) is 5.31. The molecule has 2 aliphatic heterocycles. The summed E-state index contributed by atoms with van der Waals surface area (Å²) in [4.78, 5) is 37.5. The first-order valence-electron chi connectivity index (χ1n) is 11.1. The van der Waals surface area contributed by atoms with E-state index in [0.29, 0.717) is 18.7 Å². The average Bonchev–Trinajstić information content (AvgIpc) is 3.16. The normalized spacial score (nSPS) is 17.4. The molecular weight excluding hydrogens is 442 g/mol. The second-order valence-electron chi connectivity index (χ2n) is 8.36. The third-order valence-corrected chi connectivity index (χ3v) is 7.95. The molecule has 0 atom stereocenters. The molecule has 33 heavy (non-hydrogen) atoms. The summed E-state index contributed by atoms with van der Waals surface area (Å²) in [5, 5.41) is 2.83. The van der Waals surface area contributed by atoms with Crippen molar-refractivity contribution in [3.05, 3.63) is 65.2 Å². The van der Waals surface area contributed by atoms with Gasteiger partial charge in [-0.2, -0.15) is 4.31 Å². The second kappa shape index (κ2) is 9.84. The smallest absolute Gasteiger partial charge is 0.251 e. The minimum absolute atomic E-state index is 0.170. The summed E-state index contributed by atoms with van der Waals surface area (Å²) in [5.74, 6) is -0.604. The van der Waals surface area contributed by atoms with E-state index in [1.54, 1.807) is 48.5 Å². The maximum atomic E-state index is 12.7. The second-order valence-corrected chi connectivity index (χ2v) is 10.3. The third-order valence-electron chi connectivity index (χ3n) is 6.04. The quantitative estimate of drug-likeness (QED) is 0.628. The minimum Gasteiger partial charge on any atom is -0.348 e. The van der Waals surface area contributed by atoms with Crippen molar-refractivity contribution in [2.75, 3.05) is 13.1 Å². The summed E-state index contributed by atoms with van der Waals surface area (Å²) in [6.45, 7) is 1.60. The molecule has 2 saturated heterocycles. The van der Waals surface area contributed by atoms with Gasteiger partial charge in [0.15, 0.2) is 0 Å². The van der Waals surface area contributed by atoms with Crippen LogP contribution in [0.15, 0.2) is 53.4 Å². The molecule has 1 N–H and O–H groups in total. The van der Waals surface area contributed by atoms with Crippen LogP contribution in [0, 0.1) is 0 Å². The van der Waals surface area contributed by atoms with Crippen LogP contribution in [0.5, 0.6) is 0 Å². The van der Waals surface area contributed by atoms with Crippen molar-refractivity contribution in [2.24, 2.45) is 0 Å². The summed E-state index contributed by atoms with van der Waals surface area (Å²) in [5.41, 5.74) is 2.03. The van der Waals surface area contributed by atoms with Crippen molar-refractivity contribution in [3.63, 3.8) is 0 Å². The number of sulfonamides is 1. The Morgan fingerprint density at radius 3 is 2.00 bits per heavy atom. The van der Waals surface area contributed by atoms with E-state index in [1.807, 2.05) is 0 Å². The molecule has 0 bridgehead atoms. The first-order chi connectivity index (χ1) is 15.8. The van der Waals surface area contributed by atoms with Gasteiger partial charge in [-0.3, -0.25) is 19.3 Å². The molecule has 2 fully saturated rings. The molecule has 9 heteroatoms. The van der Waals surface area contributed by atoms with Crippen LogP contribution in [0.2, 0.25) is 0 Å². The van der Waals surface area contributed by atoms with Gasteiger partial charge in [-0.1, -0.05) is 30.7 Å². The number of hydrogen-bond donors (Lipinski definition) is 1. The van der Waals surface area contributed by atoms with Gasteiger partial charge in [0.05, 0.1) is 11.4 Å². The van der Waals surface area contributed by atoms with E-state index in [1.165, 1.54) is 9.21 Å². The van der Waals surface area contributed by atoms with Gasteiger partial charge in [0.1, 0.15) is 0 Å². The van der Waals surface area contributed by atoms with Crippen molar-refractivity contribution in [1.82, 2.24) is 14.5 Å². The van der Waals surface area contributed by atoms with Crippen LogP contribution < -0.4 is 5.32 Å². The number of piperidine rings is 1. The predicted octanol–water partition coefficient (Wildman–Crippen LogP) is 2.44. The molecule has 0 radical (unpaired) electrons. The van der Waals surface area contributed by atoms with Crippen LogP contribution in [-0.4, -0.2) is 48.4 Å².